The summed E-state index contributed by atoms with van der Waals surface area (Å²) in [4.78, 5) is 19.7. The third-order valence-corrected chi connectivity index (χ3v) is 2.79. The Labute approximate surface area is 109 Å². The van der Waals surface area contributed by atoms with Crippen molar-refractivity contribution in [3.63, 3.8) is 0 Å². The molecule has 6 heteroatoms. The molecule has 5 nitrogen and oxygen atoms in total. The zero-order valence-electron chi connectivity index (χ0n) is 10.1. The summed E-state index contributed by atoms with van der Waals surface area (Å²) >= 11 is 3.26. The molecular formula is C11H16BrN3O2. The van der Waals surface area contributed by atoms with Crippen LogP contribution in [0, 0.1) is 5.92 Å². The van der Waals surface area contributed by atoms with Crippen molar-refractivity contribution in [1.29, 1.82) is 0 Å². The Hall–Kier alpha value is -1.17. The lowest BCUT2D eigenvalue weighted by molar-refractivity contribution is -0.147. The first kappa shape index (κ1) is 13.9. The van der Waals surface area contributed by atoms with Gasteiger partial charge in [-0.05, 0) is 36.7 Å². The fourth-order valence-corrected chi connectivity index (χ4v) is 1.40. The minimum absolute atomic E-state index is 0.0878. The number of carbonyl (C=O) groups excluding carboxylic acids is 1. The second-order valence-corrected chi connectivity index (χ2v) is 4.61. The number of carbonyl (C=O) groups is 1. The molecule has 17 heavy (non-hydrogen) atoms. The number of halogens is 1. The number of hydrogen-bond acceptors (Lipinski definition) is 5. The number of nitrogens with zero attached hydrogens (tertiary/aromatic N) is 2. The van der Waals surface area contributed by atoms with Crippen molar-refractivity contribution < 1.29 is 9.53 Å². The third-order valence-electron chi connectivity index (χ3n) is 2.39. The molecule has 1 aromatic heterocycles. The molecule has 0 bridgehead atoms. The van der Waals surface area contributed by atoms with Crippen LogP contribution >= 0.6 is 15.9 Å². The van der Waals surface area contributed by atoms with Gasteiger partial charge < -0.3 is 10.1 Å². The van der Waals surface area contributed by atoms with Gasteiger partial charge in [-0.3, -0.25) is 4.79 Å². The average Bonchev–Trinajstić information content (AvgIpc) is 2.31. The second-order valence-electron chi connectivity index (χ2n) is 3.70. The Morgan fingerprint density at radius 3 is 2.59 bits per heavy atom. The monoisotopic (exact) mass is 301 g/mol. The van der Waals surface area contributed by atoms with Gasteiger partial charge in [0.2, 0.25) is 5.95 Å². The highest BCUT2D eigenvalue weighted by Gasteiger charge is 2.21. The summed E-state index contributed by atoms with van der Waals surface area (Å²) in [6, 6.07) is -0.0878. The number of anilines is 1. The number of ether oxygens (including phenoxy) is 1. The van der Waals surface area contributed by atoms with Gasteiger partial charge in [0.15, 0.2) is 0 Å². The normalized spacial score (nSPS) is 13.9. The van der Waals surface area contributed by atoms with Gasteiger partial charge in [0, 0.05) is 18.4 Å². The van der Waals surface area contributed by atoms with Crippen molar-refractivity contribution in [3.8, 4) is 0 Å². The summed E-state index contributed by atoms with van der Waals surface area (Å²) in [6.45, 7) is 5.90. The van der Waals surface area contributed by atoms with Gasteiger partial charge in [0.05, 0.1) is 17.0 Å². The van der Waals surface area contributed by atoms with Crippen molar-refractivity contribution in [3.05, 3.63) is 16.9 Å². The van der Waals surface area contributed by atoms with E-state index >= 15 is 0 Å². The molecule has 1 N–H and O–H groups in total. The maximum absolute atomic E-state index is 11.5. The van der Waals surface area contributed by atoms with Gasteiger partial charge in [-0.25, -0.2) is 9.97 Å². The highest BCUT2D eigenvalue weighted by Crippen LogP contribution is 2.12. The van der Waals surface area contributed by atoms with E-state index in [1.807, 2.05) is 13.8 Å². The molecule has 0 aliphatic heterocycles. The molecule has 2 atom stereocenters. The lowest BCUT2D eigenvalue weighted by Gasteiger charge is -2.19. The van der Waals surface area contributed by atoms with E-state index in [9.17, 15) is 4.79 Å². The molecule has 0 aliphatic rings. The minimum Gasteiger partial charge on any atom is -0.466 e. The molecule has 94 valence electrons. The Morgan fingerprint density at radius 1 is 1.47 bits per heavy atom. The number of aromatic nitrogens is 2. The summed E-state index contributed by atoms with van der Waals surface area (Å²) in [5, 5.41) is 3.06. The zero-order chi connectivity index (χ0) is 12.8. The maximum Gasteiger partial charge on any atom is 0.310 e. The summed E-state index contributed by atoms with van der Waals surface area (Å²) < 4.78 is 5.77. The van der Waals surface area contributed by atoms with Crippen LogP contribution in [-0.4, -0.2) is 28.6 Å². The van der Waals surface area contributed by atoms with Crippen LogP contribution in [0.3, 0.4) is 0 Å². The lowest BCUT2D eigenvalue weighted by Crippen LogP contribution is -2.31. The molecular weight excluding hydrogens is 286 g/mol. The molecule has 1 aromatic rings. The quantitative estimate of drug-likeness (QED) is 0.845. The van der Waals surface area contributed by atoms with E-state index in [0.717, 1.165) is 4.47 Å². The first-order valence-electron chi connectivity index (χ1n) is 5.45. The van der Waals surface area contributed by atoms with Gasteiger partial charge in [-0.1, -0.05) is 0 Å². The van der Waals surface area contributed by atoms with Crippen LogP contribution in [0.4, 0.5) is 5.95 Å². The maximum atomic E-state index is 11.5. The first-order chi connectivity index (χ1) is 8.04. The standard InChI is InChI=1S/C11H16BrN3O2/c1-4-17-10(16)7(2)8(3)15-11-13-5-9(12)6-14-11/h5-8H,4H2,1-3H3,(H,13,14,15)/t7-,8+/m0/s1. The molecule has 1 rings (SSSR count). The third kappa shape index (κ3) is 4.30. The number of nitrogens with one attached hydrogen (secondary N) is 1. The average molecular weight is 302 g/mol. The Balaban J connectivity index is 2.56. The highest BCUT2D eigenvalue weighted by atomic mass is 79.9. The Kier molecular flexibility index (Phi) is 5.34. The van der Waals surface area contributed by atoms with E-state index in [1.54, 1.807) is 19.3 Å². The first-order valence-corrected chi connectivity index (χ1v) is 6.24. The number of hydrogen-bond donors (Lipinski definition) is 1. The summed E-state index contributed by atoms with van der Waals surface area (Å²) in [5.41, 5.74) is 0. The molecule has 0 amide bonds. The van der Waals surface area contributed by atoms with E-state index in [-0.39, 0.29) is 17.9 Å². The molecule has 0 unspecified atom stereocenters. The van der Waals surface area contributed by atoms with E-state index in [0.29, 0.717) is 12.6 Å². The minimum atomic E-state index is -0.248. The molecule has 0 saturated carbocycles. The molecule has 0 radical (unpaired) electrons. The van der Waals surface area contributed by atoms with Gasteiger partial charge in [-0.15, -0.1) is 0 Å². The Bertz CT molecular complexity index is 369. The second kappa shape index (κ2) is 6.54. The zero-order valence-corrected chi connectivity index (χ0v) is 11.7. The van der Waals surface area contributed by atoms with Crippen LogP contribution < -0.4 is 5.32 Å². The van der Waals surface area contributed by atoms with Crippen LogP contribution in [0.2, 0.25) is 0 Å². The smallest absolute Gasteiger partial charge is 0.310 e. The van der Waals surface area contributed by atoms with Gasteiger partial charge in [0.1, 0.15) is 0 Å². The van der Waals surface area contributed by atoms with Crippen LogP contribution in [-0.2, 0) is 9.53 Å². The van der Waals surface area contributed by atoms with E-state index in [2.05, 4.69) is 31.2 Å². The summed E-state index contributed by atoms with van der Waals surface area (Å²) in [7, 11) is 0. The van der Waals surface area contributed by atoms with Crippen LogP contribution in [0.25, 0.3) is 0 Å². The van der Waals surface area contributed by atoms with Crippen molar-refractivity contribution >= 4 is 27.8 Å². The highest BCUT2D eigenvalue weighted by molar-refractivity contribution is 9.10. The van der Waals surface area contributed by atoms with E-state index in [4.69, 9.17) is 4.74 Å². The van der Waals surface area contributed by atoms with Crippen molar-refractivity contribution in [2.75, 3.05) is 11.9 Å². The number of esters is 1. The topological polar surface area (TPSA) is 64.1 Å². The number of rotatable bonds is 5. The molecule has 0 spiro atoms. The molecule has 0 aliphatic carbocycles. The van der Waals surface area contributed by atoms with Crippen LogP contribution in [0.5, 0.6) is 0 Å². The largest absolute Gasteiger partial charge is 0.466 e. The molecule has 0 saturated heterocycles. The fraction of sp³-hybridized carbons (Fsp3) is 0.545. The van der Waals surface area contributed by atoms with E-state index < -0.39 is 0 Å². The molecule has 0 aromatic carbocycles. The Morgan fingerprint density at radius 2 is 2.06 bits per heavy atom. The van der Waals surface area contributed by atoms with Crippen molar-refractivity contribution in [2.24, 2.45) is 5.92 Å². The fourth-order valence-electron chi connectivity index (χ4n) is 1.19. The van der Waals surface area contributed by atoms with Crippen molar-refractivity contribution in [2.45, 2.75) is 26.8 Å². The summed E-state index contributed by atoms with van der Waals surface area (Å²) in [5.74, 6) is 0.0312. The van der Waals surface area contributed by atoms with Gasteiger partial charge >= 0.3 is 5.97 Å². The van der Waals surface area contributed by atoms with E-state index in [1.165, 1.54) is 0 Å². The van der Waals surface area contributed by atoms with Gasteiger partial charge in [-0.2, -0.15) is 0 Å². The van der Waals surface area contributed by atoms with Crippen LogP contribution in [0.1, 0.15) is 20.8 Å². The predicted molar refractivity (Wildman–Crippen MR) is 68.6 cm³/mol. The van der Waals surface area contributed by atoms with Crippen LogP contribution in [0.15, 0.2) is 16.9 Å². The SMILES string of the molecule is CCOC(=O)[C@@H](C)[C@@H](C)Nc1ncc(Br)cn1. The molecule has 0 fully saturated rings. The van der Waals surface area contributed by atoms with Gasteiger partial charge in [0.25, 0.3) is 0 Å². The lowest BCUT2D eigenvalue weighted by atomic mass is 10.0. The molecule has 1 heterocycles. The predicted octanol–water partition coefficient (Wildman–Crippen LogP) is 2.24. The summed E-state index contributed by atoms with van der Waals surface area (Å²) in [6.07, 6.45) is 3.30. The van der Waals surface area contributed by atoms with Crippen molar-refractivity contribution in [1.82, 2.24) is 9.97 Å².